The third-order valence-electron chi connectivity index (χ3n) is 5.38. The maximum absolute atomic E-state index is 13.3. The lowest BCUT2D eigenvalue weighted by molar-refractivity contribution is -0.147. The van der Waals surface area contributed by atoms with Crippen LogP contribution in [-0.4, -0.2) is 59.4 Å². The summed E-state index contributed by atoms with van der Waals surface area (Å²) < 4.78 is 0. The Kier molecular flexibility index (Phi) is 6.65. The summed E-state index contributed by atoms with van der Waals surface area (Å²) in [6.07, 6.45) is 1.25. The summed E-state index contributed by atoms with van der Waals surface area (Å²) >= 11 is 0. The van der Waals surface area contributed by atoms with Gasteiger partial charge >= 0.3 is 5.97 Å². The summed E-state index contributed by atoms with van der Waals surface area (Å²) in [5, 5.41) is 9.23. The van der Waals surface area contributed by atoms with E-state index < -0.39 is 17.8 Å². The Labute approximate surface area is 170 Å². The predicted octanol–water partition coefficient (Wildman–Crippen LogP) is 2.60. The molecule has 2 aromatic carbocycles. The topological polar surface area (TPSA) is 77.9 Å². The molecule has 3 rings (SSSR count). The summed E-state index contributed by atoms with van der Waals surface area (Å²) in [6, 6.07) is 19.0. The van der Waals surface area contributed by atoms with Gasteiger partial charge in [-0.05, 0) is 24.0 Å². The molecule has 2 amide bonds. The number of carboxylic acid groups (broad SMARTS) is 1. The lowest BCUT2D eigenvalue weighted by Crippen LogP contribution is -2.47. The molecule has 1 fully saturated rings. The quantitative estimate of drug-likeness (QED) is 0.817. The van der Waals surface area contributed by atoms with Crippen LogP contribution in [0, 0.1) is 5.92 Å². The first-order valence-corrected chi connectivity index (χ1v) is 9.83. The van der Waals surface area contributed by atoms with Crippen LogP contribution in [0.25, 0.3) is 0 Å². The highest BCUT2D eigenvalue weighted by molar-refractivity contribution is 5.90. The van der Waals surface area contributed by atoms with E-state index in [9.17, 15) is 19.5 Å². The molecule has 6 nitrogen and oxygen atoms in total. The SMILES string of the molecule is CN(CC(=O)N1CCCC(C(=O)O)C1)C(=O)C(c1ccccc1)c1ccccc1. The number of amides is 2. The average Bonchev–Trinajstić information content (AvgIpc) is 2.75. The van der Waals surface area contributed by atoms with E-state index in [1.165, 1.54) is 4.90 Å². The number of benzene rings is 2. The number of aliphatic carboxylic acids is 1. The molecular weight excluding hydrogens is 368 g/mol. The Bertz CT molecular complexity index is 814. The van der Waals surface area contributed by atoms with Gasteiger partial charge in [-0.25, -0.2) is 0 Å². The van der Waals surface area contributed by atoms with Gasteiger partial charge in [-0.3, -0.25) is 14.4 Å². The summed E-state index contributed by atoms with van der Waals surface area (Å²) in [5.41, 5.74) is 1.74. The molecule has 0 spiro atoms. The van der Waals surface area contributed by atoms with E-state index in [0.29, 0.717) is 19.4 Å². The number of hydrogen-bond donors (Lipinski definition) is 1. The van der Waals surface area contributed by atoms with Crippen LogP contribution < -0.4 is 0 Å². The Morgan fingerprint density at radius 2 is 1.59 bits per heavy atom. The number of nitrogens with zero attached hydrogens (tertiary/aromatic N) is 2. The molecule has 1 unspecified atom stereocenters. The van der Waals surface area contributed by atoms with E-state index in [4.69, 9.17) is 0 Å². The third kappa shape index (κ3) is 5.02. The summed E-state index contributed by atoms with van der Waals surface area (Å²) in [4.78, 5) is 40.3. The van der Waals surface area contributed by atoms with Gasteiger partial charge in [-0.2, -0.15) is 0 Å². The number of likely N-dealkylation sites (tertiary alicyclic amines) is 1. The van der Waals surface area contributed by atoms with Gasteiger partial charge in [0.05, 0.1) is 18.4 Å². The van der Waals surface area contributed by atoms with Crippen LogP contribution in [-0.2, 0) is 14.4 Å². The molecule has 0 saturated carbocycles. The van der Waals surface area contributed by atoms with Gasteiger partial charge in [0.25, 0.3) is 0 Å². The summed E-state index contributed by atoms with van der Waals surface area (Å²) in [6.45, 7) is 0.670. The molecule has 1 aliphatic rings. The minimum atomic E-state index is -0.875. The van der Waals surface area contributed by atoms with Crippen LogP contribution in [0.5, 0.6) is 0 Å². The molecule has 1 N–H and O–H groups in total. The zero-order valence-corrected chi connectivity index (χ0v) is 16.5. The Hall–Kier alpha value is -3.15. The molecule has 0 aliphatic carbocycles. The number of carbonyl (C=O) groups is 3. The van der Waals surface area contributed by atoms with Crippen LogP contribution in [0.4, 0.5) is 0 Å². The largest absolute Gasteiger partial charge is 0.481 e. The zero-order chi connectivity index (χ0) is 20.8. The van der Waals surface area contributed by atoms with E-state index in [1.807, 2.05) is 60.7 Å². The molecule has 0 radical (unpaired) electrons. The van der Waals surface area contributed by atoms with Crippen molar-refractivity contribution >= 4 is 17.8 Å². The van der Waals surface area contributed by atoms with Crippen LogP contribution in [0.3, 0.4) is 0 Å². The van der Waals surface area contributed by atoms with Gasteiger partial charge in [-0.15, -0.1) is 0 Å². The Balaban J connectivity index is 1.74. The molecule has 6 heteroatoms. The van der Waals surface area contributed by atoms with Crippen molar-refractivity contribution in [3.63, 3.8) is 0 Å². The number of carbonyl (C=O) groups excluding carboxylic acids is 2. The van der Waals surface area contributed by atoms with Gasteiger partial charge in [0.1, 0.15) is 0 Å². The highest BCUT2D eigenvalue weighted by Gasteiger charge is 2.31. The highest BCUT2D eigenvalue weighted by Crippen LogP contribution is 2.26. The molecule has 29 heavy (non-hydrogen) atoms. The predicted molar refractivity (Wildman–Crippen MR) is 109 cm³/mol. The highest BCUT2D eigenvalue weighted by atomic mass is 16.4. The zero-order valence-electron chi connectivity index (χ0n) is 16.5. The number of carboxylic acids is 1. The maximum atomic E-state index is 13.3. The van der Waals surface area contributed by atoms with Gasteiger partial charge in [0.2, 0.25) is 11.8 Å². The number of hydrogen-bond acceptors (Lipinski definition) is 3. The first-order chi connectivity index (χ1) is 14.0. The number of likely N-dealkylation sites (N-methyl/N-ethyl adjacent to an activating group) is 1. The molecule has 1 heterocycles. The smallest absolute Gasteiger partial charge is 0.308 e. The van der Waals surface area contributed by atoms with Gasteiger partial charge in [0.15, 0.2) is 0 Å². The standard InChI is InChI=1S/C23H26N2O4/c1-24(16-20(26)25-14-8-13-19(15-25)23(28)29)22(27)21(17-9-4-2-5-10-17)18-11-6-3-7-12-18/h2-7,9-12,19,21H,8,13-16H2,1H3,(H,28,29). The fourth-order valence-electron chi connectivity index (χ4n) is 3.78. The van der Waals surface area contributed by atoms with Crippen LogP contribution in [0.1, 0.15) is 29.9 Å². The molecule has 1 aliphatic heterocycles. The van der Waals surface area contributed by atoms with Gasteiger partial charge < -0.3 is 14.9 Å². The van der Waals surface area contributed by atoms with Crippen molar-refractivity contribution in [2.45, 2.75) is 18.8 Å². The Morgan fingerprint density at radius 1 is 1.03 bits per heavy atom. The lowest BCUT2D eigenvalue weighted by Gasteiger charge is -2.32. The van der Waals surface area contributed by atoms with Gasteiger partial charge in [0, 0.05) is 20.1 Å². The van der Waals surface area contributed by atoms with Crippen molar-refractivity contribution < 1.29 is 19.5 Å². The van der Waals surface area contributed by atoms with Crippen molar-refractivity contribution in [2.24, 2.45) is 5.92 Å². The lowest BCUT2D eigenvalue weighted by atomic mass is 9.90. The fourth-order valence-corrected chi connectivity index (χ4v) is 3.78. The number of piperidine rings is 1. The van der Waals surface area contributed by atoms with Crippen molar-refractivity contribution in [1.82, 2.24) is 9.80 Å². The van der Waals surface area contributed by atoms with Crippen molar-refractivity contribution in [3.8, 4) is 0 Å². The van der Waals surface area contributed by atoms with Crippen LogP contribution in [0.15, 0.2) is 60.7 Å². The molecule has 0 aromatic heterocycles. The first-order valence-electron chi connectivity index (χ1n) is 9.83. The molecule has 152 valence electrons. The second-order valence-corrected chi connectivity index (χ2v) is 7.47. The van der Waals surface area contributed by atoms with Crippen molar-refractivity contribution in [1.29, 1.82) is 0 Å². The van der Waals surface area contributed by atoms with E-state index in [1.54, 1.807) is 11.9 Å². The monoisotopic (exact) mass is 394 g/mol. The van der Waals surface area contributed by atoms with Crippen LogP contribution in [0.2, 0.25) is 0 Å². The van der Waals surface area contributed by atoms with Gasteiger partial charge in [-0.1, -0.05) is 60.7 Å². The normalized spacial score (nSPS) is 16.5. The van der Waals surface area contributed by atoms with Crippen molar-refractivity contribution in [3.05, 3.63) is 71.8 Å². The van der Waals surface area contributed by atoms with Crippen molar-refractivity contribution in [2.75, 3.05) is 26.7 Å². The van der Waals surface area contributed by atoms with E-state index in [2.05, 4.69) is 0 Å². The molecule has 0 bridgehead atoms. The second kappa shape index (κ2) is 9.37. The molecule has 1 atom stereocenters. The third-order valence-corrected chi connectivity index (χ3v) is 5.38. The van der Waals surface area contributed by atoms with E-state index in [0.717, 1.165) is 11.1 Å². The molecule has 1 saturated heterocycles. The molecular formula is C23H26N2O4. The van der Waals surface area contributed by atoms with Crippen LogP contribution >= 0.6 is 0 Å². The molecule has 2 aromatic rings. The second-order valence-electron chi connectivity index (χ2n) is 7.47. The Morgan fingerprint density at radius 3 is 2.10 bits per heavy atom. The fraction of sp³-hybridized carbons (Fsp3) is 0.348. The maximum Gasteiger partial charge on any atom is 0.308 e. The minimum Gasteiger partial charge on any atom is -0.481 e. The first kappa shape index (κ1) is 20.6. The average molecular weight is 394 g/mol. The summed E-state index contributed by atoms with van der Waals surface area (Å²) in [7, 11) is 1.62. The minimum absolute atomic E-state index is 0.0681. The summed E-state index contributed by atoms with van der Waals surface area (Å²) in [5.74, 6) is -2.28. The van der Waals surface area contributed by atoms with E-state index in [-0.39, 0.29) is 24.9 Å². The van der Waals surface area contributed by atoms with E-state index >= 15 is 0 Å². The number of rotatable bonds is 6.